The maximum Gasteiger partial charge on any atom is 0.289 e. The number of aromatic nitrogens is 3. The Balaban J connectivity index is 2.68. The van der Waals surface area contributed by atoms with Gasteiger partial charge in [-0.3, -0.25) is 4.79 Å². The number of thiazole rings is 1. The van der Waals surface area contributed by atoms with Gasteiger partial charge in [0, 0.05) is 11.6 Å². The molecule has 0 bridgehead atoms. The largest absolute Gasteiger partial charge is 0.289 e. The van der Waals surface area contributed by atoms with Crippen LogP contribution in [0, 0.1) is 0 Å². The van der Waals surface area contributed by atoms with Crippen LogP contribution >= 0.6 is 43.2 Å². The molecule has 0 aliphatic rings. The Morgan fingerprint density at radius 2 is 2.21 bits per heavy atom. The van der Waals surface area contributed by atoms with Crippen molar-refractivity contribution >= 4 is 43.2 Å². The van der Waals surface area contributed by atoms with Crippen molar-refractivity contribution in [3.05, 3.63) is 37.1 Å². The molecule has 0 fully saturated rings. The SMILES string of the molecule is O=c1c(Br)c(Br)cnn1-c1nccs1. The number of hydrogen-bond acceptors (Lipinski definition) is 4. The standard InChI is InChI=1S/C7H3Br2N3OS/c8-4-3-11-12(6(13)5(4)9)7-10-1-2-14-7/h1-3H. The predicted molar refractivity (Wildman–Crippen MR) is 60.9 cm³/mol. The Kier molecular flexibility index (Phi) is 2.80. The van der Waals surface area contributed by atoms with Crippen LogP contribution in [0.15, 0.2) is 31.5 Å². The zero-order valence-electron chi connectivity index (χ0n) is 6.65. The van der Waals surface area contributed by atoms with Crippen molar-refractivity contribution in [2.75, 3.05) is 0 Å². The molecule has 72 valence electrons. The Hall–Kier alpha value is -0.530. The summed E-state index contributed by atoms with van der Waals surface area (Å²) in [5.74, 6) is 0. The fourth-order valence-corrected chi connectivity index (χ4v) is 2.00. The third kappa shape index (κ3) is 1.67. The molecule has 0 aliphatic heterocycles. The van der Waals surface area contributed by atoms with Gasteiger partial charge in [-0.05, 0) is 31.9 Å². The van der Waals surface area contributed by atoms with E-state index in [1.807, 2.05) is 0 Å². The number of nitrogens with zero attached hydrogens (tertiary/aromatic N) is 3. The summed E-state index contributed by atoms with van der Waals surface area (Å²) in [7, 11) is 0. The zero-order valence-corrected chi connectivity index (χ0v) is 10.6. The van der Waals surface area contributed by atoms with Crippen LogP contribution in [-0.2, 0) is 0 Å². The van der Waals surface area contributed by atoms with Crippen LogP contribution in [0.5, 0.6) is 0 Å². The summed E-state index contributed by atoms with van der Waals surface area (Å²) in [6.07, 6.45) is 3.18. The van der Waals surface area contributed by atoms with E-state index >= 15 is 0 Å². The highest BCUT2D eigenvalue weighted by Crippen LogP contribution is 2.18. The summed E-state index contributed by atoms with van der Waals surface area (Å²) in [5, 5.41) is 6.31. The molecule has 2 rings (SSSR count). The van der Waals surface area contributed by atoms with E-state index in [1.54, 1.807) is 17.8 Å². The van der Waals surface area contributed by atoms with Gasteiger partial charge in [-0.2, -0.15) is 9.78 Å². The molecular formula is C7H3Br2N3OS. The molecule has 0 unspecified atom stereocenters. The lowest BCUT2D eigenvalue weighted by atomic mass is 10.6. The van der Waals surface area contributed by atoms with Gasteiger partial charge in [-0.25, -0.2) is 4.98 Å². The minimum atomic E-state index is -0.227. The van der Waals surface area contributed by atoms with Gasteiger partial charge in [0.25, 0.3) is 5.56 Å². The molecule has 0 saturated heterocycles. The lowest BCUT2D eigenvalue weighted by Crippen LogP contribution is -2.21. The fourth-order valence-electron chi connectivity index (χ4n) is 0.869. The van der Waals surface area contributed by atoms with Crippen molar-refractivity contribution in [2.45, 2.75) is 0 Å². The first-order chi connectivity index (χ1) is 6.70. The van der Waals surface area contributed by atoms with Gasteiger partial charge in [-0.15, -0.1) is 11.3 Å². The molecule has 0 aromatic carbocycles. The van der Waals surface area contributed by atoms with E-state index in [-0.39, 0.29) is 5.56 Å². The van der Waals surface area contributed by atoms with E-state index in [0.29, 0.717) is 14.1 Å². The lowest BCUT2D eigenvalue weighted by molar-refractivity contribution is 0.789. The molecule has 2 aromatic heterocycles. The molecule has 0 radical (unpaired) electrons. The average Bonchev–Trinajstić information content (AvgIpc) is 2.67. The van der Waals surface area contributed by atoms with E-state index in [0.717, 1.165) is 0 Å². The molecule has 0 atom stereocenters. The van der Waals surface area contributed by atoms with Gasteiger partial charge < -0.3 is 0 Å². The first-order valence-electron chi connectivity index (χ1n) is 3.53. The van der Waals surface area contributed by atoms with Gasteiger partial charge in [-0.1, -0.05) is 0 Å². The summed E-state index contributed by atoms with van der Waals surface area (Å²) in [4.78, 5) is 15.7. The molecule has 0 spiro atoms. The molecule has 0 saturated carbocycles. The van der Waals surface area contributed by atoms with Crippen LogP contribution in [0.1, 0.15) is 0 Å². The van der Waals surface area contributed by atoms with Gasteiger partial charge in [0.2, 0.25) is 5.13 Å². The van der Waals surface area contributed by atoms with Crippen molar-refractivity contribution in [3.8, 4) is 5.13 Å². The molecule has 0 N–H and O–H groups in total. The third-order valence-corrected chi connectivity index (χ3v) is 4.12. The van der Waals surface area contributed by atoms with E-state index in [9.17, 15) is 4.79 Å². The summed E-state index contributed by atoms with van der Waals surface area (Å²) < 4.78 is 2.33. The average molecular weight is 337 g/mol. The summed E-state index contributed by atoms with van der Waals surface area (Å²) >= 11 is 7.73. The molecule has 7 heteroatoms. The number of rotatable bonds is 1. The maximum atomic E-state index is 11.7. The van der Waals surface area contributed by atoms with Crippen LogP contribution in [0.25, 0.3) is 5.13 Å². The van der Waals surface area contributed by atoms with Crippen LogP contribution in [0.4, 0.5) is 0 Å². The molecule has 0 aliphatic carbocycles. The highest BCUT2D eigenvalue weighted by molar-refractivity contribution is 9.13. The van der Waals surface area contributed by atoms with Crippen molar-refractivity contribution in [1.29, 1.82) is 0 Å². The van der Waals surface area contributed by atoms with Crippen LogP contribution < -0.4 is 5.56 Å². The quantitative estimate of drug-likeness (QED) is 0.802. The summed E-state index contributed by atoms with van der Waals surface area (Å²) in [6.45, 7) is 0. The Labute approximate surface area is 99.9 Å². The first kappa shape index (κ1) is 10.0. The molecule has 14 heavy (non-hydrogen) atoms. The lowest BCUT2D eigenvalue weighted by Gasteiger charge is -2.00. The smallest absolute Gasteiger partial charge is 0.266 e. The minimum Gasteiger partial charge on any atom is -0.266 e. The minimum absolute atomic E-state index is 0.227. The normalized spacial score (nSPS) is 10.4. The summed E-state index contributed by atoms with van der Waals surface area (Å²) in [5.41, 5.74) is -0.227. The van der Waals surface area contributed by atoms with E-state index < -0.39 is 0 Å². The van der Waals surface area contributed by atoms with Gasteiger partial charge in [0.15, 0.2) is 0 Å². The van der Waals surface area contributed by atoms with Gasteiger partial charge >= 0.3 is 0 Å². The second kappa shape index (κ2) is 3.92. The van der Waals surface area contributed by atoms with E-state index in [2.05, 4.69) is 41.9 Å². The maximum absolute atomic E-state index is 11.7. The molecule has 2 heterocycles. The fraction of sp³-hybridized carbons (Fsp3) is 0. The topological polar surface area (TPSA) is 47.8 Å². The molecular weight excluding hydrogens is 334 g/mol. The van der Waals surface area contributed by atoms with Crippen LogP contribution in [-0.4, -0.2) is 14.8 Å². The van der Waals surface area contributed by atoms with Crippen LogP contribution in [0.3, 0.4) is 0 Å². The number of halogens is 2. The monoisotopic (exact) mass is 335 g/mol. The molecule has 4 nitrogen and oxygen atoms in total. The third-order valence-electron chi connectivity index (χ3n) is 1.48. The van der Waals surface area contributed by atoms with Crippen molar-refractivity contribution < 1.29 is 0 Å². The first-order valence-corrected chi connectivity index (χ1v) is 6.00. The Bertz CT molecular complexity index is 508. The van der Waals surface area contributed by atoms with E-state index in [1.165, 1.54) is 16.0 Å². The zero-order chi connectivity index (χ0) is 10.1. The Morgan fingerprint density at radius 3 is 2.86 bits per heavy atom. The molecule has 2 aromatic rings. The van der Waals surface area contributed by atoms with Crippen molar-refractivity contribution in [2.24, 2.45) is 0 Å². The van der Waals surface area contributed by atoms with Crippen molar-refractivity contribution in [3.63, 3.8) is 0 Å². The highest BCUT2D eigenvalue weighted by atomic mass is 79.9. The second-order valence-electron chi connectivity index (χ2n) is 2.34. The Morgan fingerprint density at radius 1 is 1.43 bits per heavy atom. The van der Waals surface area contributed by atoms with Crippen molar-refractivity contribution in [1.82, 2.24) is 14.8 Å². The van der Waals surface area contributed by atoms with Gasteiger partial charge in [0.1, 0.15) is 4.47 Å². The van der Waals surface area contributed by atoms with Gasteiger partial charge in [0.05, 0.1) is 10.7 Å². The molecule has 0 amide bonds. The predicted octanol–water partition coefficient (Wildman–Crippen LogP) is 2.21. The van der Waals surface area contributed by atoms with Crippen LogP contribution in [0.2, 0.25) is 0 Å². The number of hydrogen-bond donors (Lipinski definition) is 0. The highest BCUT2D eigenvalue weighted by Gasteiger charge is 2.09. The summed E-state index contributed by atoms with van der Waals surface area (Å²) in [6, 6.07) is 0. The second-order valence-corrected chi connectivity index (χ2v) is 4.86. The van der Waals surface area contributed by atoms with E-state index in [4.69, 9.17) is 0 Å².